The summed E-state index contributed by atoms with van der Waals surface area (Å²) in [4.78, 5) is 60.0. The molecule has 35 heavy (non-hydrogen) atoms. The number of rotatable bonds is 8. The summed E-state index contributed by atoms with van der Waals surface area (Å²) in [6.07, 6.45) is 0. The van der Waals surface area contributed by atoms with Crippen molar-refractivity contribution in [2.24, 2.45) is 5.16 Å². The predicted molar refractivity (Wildman–Crippen MR) is 133 cm³/mol. The largest absolute Gasteiger partial charge is 0.477 e. The SMILES string of the molecule is CO/N=C(\C(=O)N[C@@H]1C(=O)N2C(C(=O)O)=C(CSC(=O)c3ccccc3)CSC12)c1csc(N)n1. The predicted octanol–water partition coefficient (Wildman–Crippen LogP) is 1.39. The number of nitrogens with one attached hydrogen (secondary N) is 1. The summed E-state index contributed by atoms with van der Waals surface area (Å²) in [5.41, 5.74) is 6.48. The number of thioether (sulfide) groups is 2. The number of oxime groups is 1. The van der Waals surface area contributed by atoms with Gasteiger partial charge in [-0.2, -0.15) is 0 Å². The molecule has 2 aliphatic heterocycles. The Bertz CT molecular complexity index is 1250. The van der Waals surface area contributed by atoms with Crippen molar-refractivity contribution in [3.8, 4) is 0 Å². The quantitative estimate of drug-likeness (QED) is 0.256. The molecule has 0 saturated carbocycles. The van der Waals surface area contributed by atoms with Gasteiger partial charge in [-0.1, -0.05) is 47.2 Å². The van der Waals surface area contributed by atoms with Crippen LogP contribution in [0.5, 0.6) is 0 Å². The minimum atomic E-state index is -1.27. The molecule has 2 aliphatic rings. The number of carboxylic acid groups (broad SMARTS) is 1. The highest BCUT2D eigenvalue weighted by Crippen LogP contribution is 2.41. The maximum absolute atomic E-state index is 12.9. The number of anilines is 1. The van der Waals surface area contributed by atoms with Crippen LogP contribution in [0.25, 0.3) is 0 Å². The van der Waals surface area contributed by atoms with Gasteiger partial charge in [0.2, 0.25) is 5.12 Å². The number of hydrogen-bond donors (Lipinski definition) is 3. The van der Waals surface area contributed by atoms with Crippen molar-refractivity contribution in [3.05, 3.63) is 58.2 Å². The molecule has 4 N–H and O–H groups in total. The average molecular weight is 534 g/mol. The molecule has 0 spiro atoms. The van der Waals surface area contributed by atoms with Gasteiger partial charge in [-0.3, -0.25) is 19.3 Å². The van der Waals surface area contributed by atoms with E-state index < -0.39 is 29.2 Å². The molecule has 11 nitrogen and oxygen atoms in total. The van der Waals surface area contributed by atoms with Gasteiger partial charge in [-0.25, -0.2) is 9.78 Å². The molecule has 1 unspecified atom stereocenters. The first-order chi connectivity index (χ1) is 16.8. The van der Waals surface area contributed by atoms with E-state index in [1.165, 1.54) is 24.3 Å². The maximum atomic E-state index is 12.9. The van der Waals surface area contributed by atoms with Crippen molar-refractivity contribution in [2.75, 3.05) is 24.3 Å². The van der Waals surface area contributed by atoms with Crippen LogP contribution in [0.1, 0.15) is 16.1 Å². The van der Waals surface area contributed by atoms with E-state index in [1.54, 1.807) is 30.3 Å². The topological polar surface area (TPSA) is 164 Å². The van der Waals surface area contributed by atoms with Crippen LogP contribution in [0.4, 0.5) is 5.13 Å². The van der Waals surface area contributed by atoms with Crippen LogP contribution in [0.3, 0.4) is 0 Å². The van der Waals surface area contributed by atoms with Crippen molar-refractivity contribution in [1.82, 2.24) is 15.2 Å². The van der Waals surface area contributed by atoms with E-state index in [-0.39, 0.29) is 33.1 Å². The van der Waals surface area contributed by atoms with E-state index in [9.17, 15) is 24.3 Å². The minimum absolute atomic E-state index is 0.131. The van der Waals surface area contributed by atoms with Gasteiger partial charge in [0, 0.05) is 22.4 Å². The third-order valence-electron chi connectivity index (χ3n) is 5.09. The molecule has 1 saturated heterocycles. The van der Waals surface area contributed by atoms with E-state index >= 15 is 0 Å². The molecule has 1 aromatic carbocycles. The fourth-order valence-electron chi connectivity index (χ4n) is 3.51. The summed E-state index contributed by atoms with van der Waals surface area (Å²) in [6, 6.07) is 7.69. The lowest BCUT2D eigenvalue weighted by Crippen LogP contribution is -2.71. The van der Waals surface area contributed by atoms with Crippen LogP contribution < -0.4 is 11.1 Å². The number of nitrogens with two attached hydrogens (primary N) is 1. The second kappa shape index (κ2) is 10.5. The number of carbonyl (C=O) groups excluding carboxylic acids is 3. The number of β-lactam (4-membered cyclic amide) rings is 1. The third-order valence-corrected chi connectivity index (χ3v) is 8.09. The molecule has 4 rings (SSSR count). The number of aliphatic carboxylic acids is 1. The first-order valence-electron chi connectivity index (χ1n) is 10.1. The zero-order valence-electron chi connectivity index (χ0n) is 18.2. The molecule has 2 aromatic rings. The highest BCUT2D eigenvalue weighted by Gasteiger charge is 2.54. The molecular formula is C21H19N5O6S3. The monoisotopic (exact) mass is 533 g/mol. The van der Waals surface area contributed by atoms with E-state index in [2.05, 4.69) is 15.5 Å². The van der Waals surface area contributed by atoms with Gasteiger partial charge in [0.05, 0.1) is 0 Å². The van der Waals surface area contributed by atoms with E-state index in [1.807, 2.05) is 0 Å². The molecule has 14 heteroatoms. The molecule has 0 aliphatic carbocycles. The second-order valence-electron chi connectivity index (χ2n) is 7.25. The normalized spacial score (nSPS) is 19.6. The lowest BCUT2D eigenvalue weighted by atomic mass is 10.0. The van der Waals surface area contributed by atoms with Gasteiger partial charge in [0.15, 0.2) is 10.8 Å². The number of benzene rings is 1. The average Bonchev–Trinajstić information content (AvgIpc) is 3.29. The first kappa shape index (κ1) is 24.8. The fraction of sp³-hybridized carbons (Fsp3) is 0.238. The summed E-state index contributed by atoms with van der Waals surface area (Å²) in [7, 11) is 1.27. The van der Waals surface area contributed by atoms with Crippen LogP contribution in [0.15, 0.2) is 52.1 Å². The summed E-state index contributed by atoms with van der Waals surface area (Å²) >= 11 is 3.40. The Morgan fingerprint density at radius 1 is 1.34 bits per heavy atom. The number of fused-ring (bicyclic) bond motifs is 1. The molecular weight excluding hydrogens is 514 g/mol. The van der Waals surface area contributed by atoms with Crippen LogP contribution in [-0.4, -0.2) is 73.6 Å². The molecule has 3 heterocycles. The highest BCUT2D eigenvalue weighted by atomic mass is 32.2. The minimum Gasteiger partial charge on any atom is -0.477 e. The summed E-state index contributed by atoms with van der Waals surface area (Å²) < 4.78 is 0. The van der Waals surface area contributed by atoms with Crippen molar-refractivity contribution >= 4 is 68.6 Å². The van der Waals surface area contributed by atoms with Crippen LogP contribution >= 0.6 is 34.9 Å². The Labute approximate surface area is 211 Å². The zero-order chi connectivity index (χ0) is 25.1. The molecule has 2 atom stereocenters. The maximum Gasteiger partial charge on any atom is 0.352 e. The number of nitrogen functional groups attached to an aromatic ring is 1. The summed E-state index contributed by atoms with van der Waals surface area (Å²) in [5, 5.41) is 17.1. The number of amides is 2. The standard InChI is InChI=1S/C21H19N5O6S3/c1-32-25-13(12-9-35-21(22)23-12)16(27)24-14-17(28)26-15(19(29)30)11(7-33-18(14)26)8-34-20(31)10-5-3-2-4-6-10/h2-6,9,14,18H,7-8H2,1H3,(H2,22,23)(H,24,27)(H,29,30)/b25-13-/t14-,18?/m1/s1. The summed E-state index contributed by atoms with van der Waals surface area (Å²) in [5.74, 6) is -2.12. The number of aromatic nitrogens is 1. The number of carbonyl (C=O) groups is 4. The smallest absolute Gasteiger partial charge is 0.352 e. The Morgan fingerprint density at radius 3 is 2.71 bits per heavy atom. The van der Waals surface area contributed by atoms with Crippen LogP contribution in [0, 0.1) is 0 Å². The zero-order valence-corrected chi connectivity index (χ0v) is 20.6. The Morgan fingerprint density at radius 2 is 2.09 bits per heavy atom. The number of carboxylic acids is 1. The van der Waals surface area contributed by atoms with Gasteiger partial charge in [-0.05, 0) is 5.57 Å². The second-order valence-corrected chi connectivity index (χ2v) is 10.2. The van der Waals surface area contributed by atoms with Crippen molar-refractivity contribution in [3.63, 3.8) is 0 Å². The van der Waals surface area contributed by atoms with E-state index in [4.69, 9.17) is 10.6 Å². The first-order valence-corrected chi connectivity index (χ1v) is 13.0. The Kier molecular flexibility index (Phi) is 7.42. The summed E-state index contributed by atoms with van der Waals surface area (Å²) in [6.45, 7) is 0. The molecule has 2 amide bonds. The van der Waals surface area contributed by atoms with Gasteiger partial charge in [0.1, 0.15) is 29.9 Å². The van der Waals surface area contributed by atoms with Gasteiger partial charge < -0.3 is 21.0 Å². The molecule has 1 aromatic heterocycles. The van der Waals surface area contributed by atoms with Gasteiger partial charge in [0.25, 0.3) is 11.8 Å². The lowest BCUT2D eigenvalue weighted by Gasteiger charge is -2.49. The molecule has 1 fully saturated rings. The highest BCUT2D eigenvalue weighted by molar-refractivity contribution is 8.14. The van der Waals surface area contributed by atoms with E-state index in [0.717, 1.165) is 28.0 Å². The molecule has 182 valence electrons. The van der Waals surface area contributed by atoms with E-state index in [0.29, 0.717) is 16.9 Å². The van der Waals surface area contributed by atoms with Crippen molar-refractivity contribution < 1.29 is 29.1 Å². The van der Waals surface area contributed by atoms with Crippen molar-refractivity contribution in [2.45, 2.75) is 11.4 Å². The Hall–Kier alpha value is -3.36. The lowest BCUT2D eigenvalue weighted by molar-refractivity contribution is -0.150. The van der Waals surface area contributed by atoms with Gasteiger partial charge >= 0.3 is 5.97 Å². The van der Waals surface area contributed by atoms with Crippen molar-refractivity contribution in [1.29, 1.82) is 0 Å². The van der Waals surface area contributed by atoms with Crippen LogP contribution in [0.2, 0.25) is 0 Å². The number of thiazole rings is 1. The molecule has 0 radical (unpaired) electrons. The third kappa shape index (κ3) is 5.04. The Balaban J connectivity index is 1.47. The van der Waals surface area contributed by atoms with Crippen LogP contribution in [-0.2, 0) is 19.2 Å². The number of hydrogen-bond acceptors (Lipinski definition) is 11. The number of nitrogens with zero attached hydrogens (tertiary/aromatic N) is 3. The fourth-order valence-corrected chi connectivity index (χ4v) is 6.38. The molecule has 0 bridgehead atoms. The van der Waals surface area contributed by atoms with Gasteiger partial charge in [-0.15, -0.1) is 23.1 Å².